The first-order valence-electron chi connectivity index (χ1n) is 6.29. The number of carbonyl (C=O) groups excluding carboxylic acids is 3. The molecule has 0 saturated heterocycles. The minimum Gasteiger partial charge on any atom is -0.462 e. The second-order valence-corrected chi connectivity index (χ2v) is 4.01. The molecule has 0 unspecified atom stereocenters. The topological polar surface area (TPSA) is 82.6 Å². The molecule has 1 aromatic heterocycles. The van der Waals surface area contributed by atoms with Gasteiger partial charge in [-0.05, 0) is 33.8 Å². The second-order valence-electron chi connectivity index (χ2n) is 4.01. The van der Waals surface area contributed by atoms with Gasteiger partial charge in [0, 0.05) is 11.3 Å². The summed E-state index contributed by atoms with van der Waals surface area (Å²) in [7, 11) is 0. The highest BCUT2D eigenvalue weighted by Gasteiger charge is 2.24. The Labute approximate surface area is 117 Å². The third kappa shape index (κ3) is 3.40. The number of esters is 2. The van der Waals surface area contributed by atoms with Gasteiger partial charge in [0.15, 0.2) is 11.5 Å². The number of nitrogens with zero attached hydrogens (tertiary/aromatic N) is 1. The number of ether oxygens (including phenoxy) is 2. The van der Waals surface area contributed by atoms with Gasteiger partial charge in [-0.15, -0.1) is 0 Å². The van der Waals surface area contributed by atoms with Crippen molar-refractivity contribution in [1.29, 1.82) is 0 Å². The fraction of sp³-hybridized carbons (Fsp3) is 0.429. The predicted molar refractivity (Wildman–Crippen MR) is 70.9 cm³/mol. The maximum Gasteiger partial charge on any atom is 0.357 e. The maximum atomic E-state index is 11.9. The lowest BCUT2D eigenvalue weighted by molar-refractivity contribution is 0.0473. The second kappa shape index (κ2) is 6.79. The van der Waals surface area contributed by atoms with Crippen molar-refractivity contribution in [3.63, 3.8) is 0 Å². The van der Waals surface area contributed by atoms with Crippen molar-refractivity contribution in [2.75, 3.05) is 13.2 Å². The summed E-state index contributed by atoms with van der Waals surface area (Å²) in [4.78, 5) is 39.2. The summed E-state index contributed by atoms with van der Waals surface area (Å²) in [6.07, 6.45) is 0. The molecular weight excluding hydrogens is 262 g/mol. The molecule has 0 amide bonds. The lowest BCUT2D eigenvalue weighted by Gasteiger charge is -2.10. The Morgan fingerprint density at radius 3 is 2.10 bits per heavy atom. The molecule has 0 aliphatic carbocycles. The van der Waals surface area contributed by atoms with Crippen LogP contribution in [-0.4, -0.2) is 35.9 Å². The lowest BCUT2D eigenvalue weighted by Crippen LogP contribution is -2.18. The largest absolute Gasteiger partial charge is 0.462 e. The first-order chi connectivity index (χ1) is 9.42. The van der Waals surface area contributed by atoms with Crippen LogP contribution in [0.3, 0.4) is 0 Å². The summed E-state index contributed by atoms with van der Waals surface area (Å²) in [6, 6.07) is 1.33. The van der Waals surface area contributed by atoms with Crippen molar-refractivity contribution in [3.05, 3.63) is 28.6 Å². The number of aryl methyl sites for hydroxylation is 1. The lowest BCUT2D eigenvalue weighted by atomic mass is 10.0. The Morgan fingerprint density at radius 1 is 1.05 bits per heavy atom. The summed E-state index contributed by atoms with van der Waals surface area (Å²) in [5, 5.41) is 0. The molecule has 0 bridgehead atoms. The average Bonchev–Trinajstić information content (AvgIpc) is 2.38. The van der Waals surface area contributed by atoms with Crippen LogP contribution in [0.2, 0.25) is 0 Å². The number of aromatic nitrogens is 1. The van der Waals surface area contributed by atoms with Gasteiger partial charge in [-0.3, -0.25) is 4.79 Å². The van der Waals surface area contributed by atoms with Gasteiger partial charge in [0.05, 0.1) is 18.8 Å². The molecule has 1 heterocycles. The van der Waals surface area contributed by atoms with Gasteiger partial charge >= 0.3 is 11.9 Å². The van der Waals surface area contributed by atoms with Gasteiger partial charge in [-0.1, -0.05) is 0 Å². The Hall–Kier alpha value is -2.24. The van der Waals surface area contributed by atoms with Crippen molar-refractivity contribution in [2.24, 2.45) is 0 Å². The number of pyridine rings is 1. The minimum atomic E-state index is -0.714. The summed E-state index contributed by atoms with van der Waals surface area (Å²) in [5.74, 6) is -1.66. The predicted octanol–water partition coefficient (Wildman–Crippen LogP) is 1.95. The first kappa shape index (κ1) is 15.8. The third-order valence-electron chi connectivity index (χ3n) is 2.56. The van der Waals surface area contributed by atoms with E-state index in [1.807, 2.05) is 0 Å². The number of rotatable bonds is 5. The summed E-state index contributed by atoms with van der Waals surface area (Å²) < 4.78 is 9.73. The SMILES string of the molecule is CCOC(=O)c1cc(C(C)=O)c(C)nc1C(=O)OCC. The Kier molecular flexibility index (Phi) is 5.37. The van der Waals surface area contributed by atoms with Gasteiger partial charge < -0.3 is 9.47 Å². The molecule has 0 radical (unpaired) electrons. The van der Waals surface area contributed by atoms with Crippen molar-refractivity contribution in [1.82, 2.24) is 4.98 Å². The van der Waals surface area contributed by atoms with Gasteiger partial charge in [0.25, 0.3) is 0 Å². The fourth-order valence-electron chi connectivity index (χ4n) is 1.68. The van der Waals surface area contributed by atoms with E-state index in [1.165, 1.54) is 13.0 Å². The number of Topliss-reactive ketones (excluding diaryl/α,β-unsaturated/α-hetero) is 1. The monoisotopic (exact) mass is 279 g/mol. The molecule has 6 nitrogen and oxygen atoms in total. The van der Waals surface area contributed by atoms with E-state index in [-0.39, 0.29) is 35.8 Å². The highest BCUT2D eigenvalue weighted by atomic mass is 16.5. The van der Waals surface area contributed by atoms with Crippen LogP contribution in [0.5, 0.6) is 0 Å². The quantitative estimate of drug-likeness (QED) is 0.605. The van der Waals surface area contributed by atoms with Crippen LogP contribution >= 0.6 is 0 Å². The van der Waals surface area contributed by atoms with Gasteiger partial charge in [-0.2, -0.15) is 0 Å². The van der Waals surface area contributed by atoms with Crippen molar-refractivity contribution in [3.8, 4) is 0 Å². The van der Waals surface area contributed by atoms with Crippen LogP contribution in [0.1, 0.15) is 57.7 Å². The van der Waals surface area contributed by atoms with E-state index in [1.54, 1.807) is 20.8 Å². The molecule has 0 spiro atoms. The number of hydrogen-bond acceptors (Lipinski definition) is 6. The van der Waals surface area contributed by atoms with Crippen LogP contribution in [0.25, 0.3) is 0 Å². The highest BCUT2D eigenvalue weighted by Crippen LogP contribution is 2.16. The zero-order valence-electron chi connectivity index (χ0n) is 12.0. The fourth-order valence-corrected chi connectivity index (χ4v) is 1.68. The zero-order chi connectivity index (χ0) is 15.3. The van der Waals surface area contributed by atoms with E-state index in [2.05, 4.69) is 4.98 Å². The van der Waals surface area contributed by atoms with Crippen LogP contribution < -0.4 is 0 Å². The molecule has 0 aromatic carbocycles. The van der Waals surface area contributed by atoms with E-state index in [9.17, 15) is 14.4 Å². The summed E-state index contributed by atoms with van der Waals surface area (Å²) in [5.41, 5.74) is 0.462. The molecule has 1 aromatic rings. The Bertz CT molecular complexity index is 551. The van der Waals surface area contributed by atoms with E-state index >= 15 is 0 Å². The van der Waals surface area contributed by atoms with Gasteiger partial charge in [0.1, 0.15) is 0 Å². The number of ketones is 1. The van der Waals surface area contributed by atoms with Crippen LogP contribution in [0.15, 0.2) is 6.07 Å². The molecule has 0 saturated carbocycles. The zero-order valence-corrected chi connectivity index (χ0v) is 12.0. The molecule has 1 rings (SSSR count). The van der Waals surface area contributed by atoms with E-state index in [0.717, 1.165) is 0 Å². The van der Waals surface area contributed by atoms with Crippen LogP contribution in [0, 0.1) is 6.92 Å². The normalized spacial score (nSPS) is 10.0. The van der Waals surface area contributed by atoms with Gasteiger partial charge in [-0.25, -0.2) is 14.6 Å². The number of hydrogen-bond donors (Lipinski definition) is 0. The standard InChI is InChI=1S/C14H17NO5/c1-5-19-13(17)11-7-10(9(4)16)8(3)15-12(11)14(18)20-6-2/h7H,5-6H2,1-4H3. The summed E-state index contributed by atoms with van der Waals surface area (Å²) in [6.45, 7) is 6.58. The number of carbonyl (C=O) groups is 3. The van der Waals surface area contributed by atoms with Gasteiger partial charge in [0.2, 0.25) is 0 Å². The molecule has 108 valence electrons. The van der Waals surface area contributed by atoms with Crippen molar-refractivity contribution in [2.45, 2.75) is 27.7 Å². The van der Waals surface area contributed by atoms with Crippen LogP contribution in [-0.2, 0) is 9.47 Å². The van der Waals surface area contributed by atoms with E-state index in [4.69, 9.17) is 9.47 Å². The van der Waals surface area contributed by atoms with E-state index < -0.39 is 11.9 Å². The molecule has 0 aliphatic heterocycles. The van der Waals surface area contributed by atoms with E-state index in [0.29, 0.717) is 5.69 Å². The molecule has 0 aliphatic rings. The molecule has 0 fully saturated rings. The molecule has 0 N–H and O–H groups in total. The minimum absolute atomic E-state index is 0.0545. The third-order valence-corrected chi connectivity index (χ3v) is 2.56. The summed E-state index contributed by atoms with van der Waals surface area (Å²) >= 11 is 0. The highest BCUT2D eigenvalue weighted by molar-refractivity contribution is 6.04. The molecule has 0 atom stereocenters. The van der Waals surface area contributed by atoms with Crippen molar-refractivity contribution >= 4 is 17.7 Å². The first-order valence-corrected chi connectivity index (χ1v) is 6.29. The molecule has 20 heavy (non-hydrogen) atoms. The Balaban J connectivity index is 3.40. The molecule has 6 heteroatoms. The smallest absolute Gasteiger partial charge is 0.357 e. The maximum absolute atomic E-state index is 11.9. The molecular formula is C14H17NO5. The Morgan fingerprint density at radius 2 is 1.60 bits per heavy atom. The van der Waals surface area contributed by atoms with Crippen LogP contribution in [0.4, 0.5) is 0 Å². The average molecular weight is 279 g/mol. The van der Waals surface area contributed by atoms with Crippen molar-refractivity contribution < 1.29 is 23.9 Å².